The summed E-state index contributed by atoms with van der Waals surface area (Å²) in [5.74, 6) is 0.212. The topological polar surface area (TPSA) is 39.9 Å². The Kier molecular flexibility index (Phi) is 3.54. The van der Waals surface area contributed by atoms with E-state index in [4.69, 9.17) is 11.6 Å². The van der Waals surface area contributed by atoms with Crippen LogP contribution in [0.3, 0.4) is 0 Å². The van der Waals surface area contributed by atoms with Crippen molar-refractivity contribution in [1.29, 1.82) is 0 Å². The maximum Gasteiger partial charge on any atom is 0.573 e. The molecule has 2 aromatic heterocycles. The highest BCUT2D eigenvalue weighted by atomic mass is 35.5. The van der Waals surface area contributed by atoms with Gasteiger partial charge in [0.1, 0.15) is 5.75 Å². The normalized spacial score (nSPS) is 12.0. The smallest absolute Gasteiger partial charge is 0.406 e. The molecule has 0 aliphatic rings. The molecule has 0 aliphatic carbocycles. The number of alkyl halides is 3. The van der Waals surface area contributed by atoms with Crippen LogP contribution in [-0.2, 0) is 0 Å². The third-order valence-corrected chi connectivity index (χ3v) is 3.91. The fourth-order valence-corrected chi connectivity index (χ4v) is 2.77. The molecule has 0 fully saturated rings. The molecule has 4 rings (SSSR count). The molecule has 0 saturated carbocycles. The van der Waals surface area contributed by atoms with Gasteiger partial charge in [0.2, 0.25) is 0 Å². The Labute approximate surface area is 144 Å². The molecule has 4 nitrogen and oxygen atoms in total. The Hall–Kier alpha value is -2.80. The second-order valence-electron chi connectivity index (χ2n) is 5.32. The Balaban J connectivity index is 1.78. The van der Waals surface area contributed by atoms with Crippen molar-refractivity contribution < 1.29 is 17.9 Å². The van der Waals surface area contributed by atoms with Crippen LogP contribution in [0.15, 0.2) is 54.7 Å². The van der Waals surface area contributed by atoms with E-state index in [0.717, 1.165) is 5.39 Å². The minimum absolute atomic E-state index is 0.297. The lowest BCUT2D eigenvalue weighted by atomic mass is 10.2. The van der Waals surface area contributed by atoms with E-state index in [1.807, 2.05) is 18.2 Å². The van der Waals surface area contributed by atoms with E-state index in [1.54, 1.807) is 18.3 Å². The first-order valence-corrected chi connectivity index (χ1v) is 7.58. The predicted molar refractivity (Wildman–Crippen MR) is 88.1 cm³/mol. The average Bonchev–Trinajstić information content (AvgIpc) is 2.97. The van der Waals surface area contributed by atoms with Crippen LogP contribution in [0.5, 0.6) is 5.75 Å². The molecule has 0 atom stereocenters. The number of benzene rings is 2. The van der Waals surface area contributed by atoms with E-state index >= 15 is 0 Å². The van der Waals surface area contributed by atoms with Gasteiger partial charge in [-0.05, 0) is 36.4 Å². The van der Waals surface area contributed by atoms with Gasteiger partial charge >= 0.3 is 6.36 Å². The molecule has 126 valence electrons. The van der Waals surface area contributed by atoms with Crippen LogP contribution in [0.4, 0.5) is 13.2 Å². The molecule has 4 aromatic rings. The van der Waals surface area contributed by atoms with E-state index in [-0.39, 0.29) is 5.75 Å². The summed E-state index contributed by atoms with van der Waals surface area (Å²) in [5.41, 5.74) is 1.15. The number of ether oxygens (including phenoxy) is 1. The SMILES string of the molecule is FC(F)(F)Oc1ccc2nn(-c3ccc4cccc(Cl)c4n3)cc2c1. The lowest BCUT2D eigenvalue weighted by molar-refractivity contribution is -0.274. The van der Waals surface area contributed by atoms with Gasteiger partial charge in [0.25, 0.3) is 0 Å². The van der Waals surface area contributed by atoms with Gasteiger partial charge in [-0.3, -0.25) is 0 Å². The summed E-state index contributed by atoms with van der Waals surface area (Å²) < 4.78 is 42.4. The molecule has 0 aliphatic heterocycles. The summed E-state index contributed by atoms with van der Waals surface area (Å²) in [6.45, 7) is 0. The summed E-state index contributed by atoms with van der Waals surface area (Å²) >= 11 is 6.16. The van der Waals surface area contributed by atoms with Crippen LogP contribution in [0.2, 0.25) is 5.02 Å². The number of rotatable bonds is 2. The molecule has 0 N–H and O–H groups in total. The van der Waals surface area contributed by atoms with E-state index in [2.05, 4.69) is 14.8 Å². The van der Waals surface area contributed by atoms with E-state index in [1.165, 1.54) is 22.9 Å². The number of halogens is 4. The van der Waals surface area contributed by atoms with Gasteiger partial charge in [0, 0.05) is 17.0 Å². The van der Waals surface area contributed by atoms with Crippen molar-refractivity contribution in [2.24, 2.45) is 0 Å². The fourth-order valence-electron chi connectivity index (χ4n) is 2.55. The zero-order chi connectivity index (χ0) is 17.6. The first-order valence-electron chi connectivity index (χ1n) is 7.20. The third kappa shape index (κ3) is 3.10. The number of hydrogen-bond acceptors (Lipinski definition) is 3. The minimum atomic E-state index is -4.74. The van der Waals surface area contributed by atoms with Crippen molar-refractivity contribution in [3.63, 3.8) is 0 Å². The van der Waals surface area contributed by atoms with Crippen LogP contribution in [0, 0.1) is 0 Å². The number of nitrogens with zero attached hydrogens (tertiary/aromatic N) is 3. The van der Waals surface area contributed by atoms with Gasteiger partial charge in [-0.15, -0.1) is 13.2 Å². The molecule has 0 radical (unpaired) electrons. The zero-order valence-electron chi connectivity index (χ0n) is 12.5. The fraction of sp³-hybridized carbons (Fsp3) is 0.0588. The van der Waals surface area contributed by atoms with Crippen molar-refractivity contribution in [2.75, 3.05) is 0 Å². The van der Waals surface area contributed by atoms with Crippen LogP contribution < -0.4 is 4.74 Å². The molecular weight excluding hydrogens is 355 g/mol. The molecule has 25 heavy (non-hydrogen) atoms. The molecule has 2 aromatic carbocycles. The minimum Gasteiger partial charge on any atom is -0.406 e. The Bertz CT molecular complexity index is 1090. The highest BCUT2D eigenvalue weighted by Gasteiger charge is 2.31. The third-order valence-electron chi connectivity index (χ3n) is 3.60. The number of hydrogen-bond donors (Lipinski definition) is 0. The van der Waals surface area contributed by atoms with Crippen molar-refractivity contribution in [2.45, 2.75) is 6.36 Å². The van der Waals surface area contributed by atoms with E-state index in [9.17, 15) is 13.2 Å². The predicted octanol–water partition coefficient (Wildman–Crippen LogP) is 5.13. The van der Waals surface area contributed by atoms with Crippen LogP contribution in [-0.4, -0.2) is 21.1 Å². The maximum absolute atomic E-state index is 12.3. The molecule has 0 amide bonds. The second kappa shape index (κ2) is 5.63. The zero-order valence-corrected chi connectivity index (χ0v) is 13.2. The number of para-hydroxylation sites is 1. The van der Waals surface area contributed by atoms with E-state index < -0.39 is 6.36 Å². The molecule has 0 bridgehead atoms. The Morgan fingerprint density at radius 1 is 1.00 bits per heavy atom. The molecule has 0 spiro atoms. The van der Waals surface area contributed by atoms with Crippen molar-refractivity contribution >= 4 is 33.4 Å². The Morgan fingerprint density at radius 2 is 1.84 bits per heavy atom. The molecular formula is C17H9ClF3N3O. The monoisotopic (exact) mass is 363 g/mol. The van der Waals surface area contributed by atoms with Gasteiger partial charge in [0.05, 0.1) is 16.1 Å². The van der Waals surface area contributed by atoms with Crippen LogP contribution in [0.25, 0.3) is 27.6 Å². The number of fused-ring (bicyclic) bond motifs is 2. The summed E-state index contributed by atoms with van der Waals surface area (Å²) in [7, 11) is 0. The second-order valence-corrected chi connectivity index (χ2v) is 5.73. The summed E-state index contributed by atoms with van der Waals surface area (Å²) in [4.78, 5) is 4.48. The largest absolute Gasteiger partial charge is 0.573 e. The summed E-state index contributed by atoms with van der Waals surface area (Å²) in [6.07, 6.45) is -3.15. The first-order chi connectivity index (χ1) is 11.9. The van der Waals surface area contributed by atoms with Crippen molar-refractivity contribution in [1.82, 2.24) is 14.8 Å². The van der Waals surface area contributed by atoms with Gasteiger partial charge in [0.15, 0.2) is 5.82 Å². The highest BCUT2D eigenvalue weighted by molar-refractivity contribution is 6.35. The van der Waals surface area contributed by atoms with Crippen LogP contribution in [0.1, 0.15) is 0 Å². The molecule has 2 heterocycles. The number of pyridine rings is 1. The van der Waals surface area contributed by atoms with Gasteiger partial charge in [-0.25, -0.2) is 9.67 Å². The van der Waals surface area contributed by atoms with Crippen molar-refractivity contribution in [3.8, 4) is 11.6 Å². The lowest BCUT2D eigenvalue weighted by Gasteiger charge is -2.07. The summed E-state index contributed by atoms with van der Waals surface area (Å²) in [6, 6.07) is 13.0. The van der Waals surface area contributed by atoms with E-state index in [0.29, 0.717) is 27.3 Å². The molecule has 0 unspecified atom stereocenters. The van der Waals surface area contributed by atoms with Gasteiger partial charge in [-0.1, -0.05) is 23.7 Å². The van der Waals surface area contributed by atoms with Gasteiger partial charge < -0.3 is 4.74 Å². The lowest BCUT2D eigenvalue weighted by Crippen LogP contribution is -2.16. The average molecular weight is 364 g/mol. The highest BCUT2D eigenvalue weighted by Crippen LogP contribution is 2.27. The standard InChI is InChI=1S/C17H9ClF3N3O/c18-13-3-1-2-10-4-7-15(22-16(10)13)24-9-11-8-12(25-17(19,20)21)5-6-14(11)23-24/h1-9H. The molecule has 0 saturated heterocycles. The first kappa shape index (κ1) is 15.7. The number of aromatic nitrogens is 3. The van der Waals surface area contributed by atoms with Crippen LogP contribution >= 0.6 is 11.6 Å². The molecule has 8 heteroatoms. The van der Waals surface area contributed by atoms with Gasteiger partial charge in [-0.2, -0.15) is 5.10 Å². The Morgan fingerprint density at radius 3 is 2.64 bits per heavy atom. The summed E-state index contributed by atoms with van der Waals surface area (Å²) in [5, 5.41) is 6.23. The van der Waals surface area contributed by atoms with Crippen molar-refractivity contribution in [3.05, 3.63) is 59.8 Å². The quantitative estimate of drug-likeness (QED) is 0.496. The maximum atomic E-state index is 12.3.